The molecule has 20 heavy (non-hydrogen) atoms. The lowest BCUT2D eigenvalue weighted by atomic mass is 10.0. The lowest BCUT2D eigenvalue weighted by Gasteiger charge is -2.21. The largest absolute Gasteiger partial charge is 0.368 e. The molecule has 0 aliphatic heterocycles. The Morgan fingerprint density at radius 1 is 1.45 bits per heavy atom. The predicted molar refractivity (Wildman–Crippen MR) is 78.5 cm³/mol. The van der Waals surface area contributed by atoms with Gasteiger partial charge in [0.25, 0.3) is 0 Å². The Labute approximate surface area is 122 Å². The van der Waals surface area contributed by atoms with E-state index in [1.54, 1.807) is 4.68 Å². The summed E-state index contributed by atoms with van der Waals surface area (Å²) in [7, 11) is 1.84. The van der Waals surface area contributed by atoms with E-state index in [2.05, 4.69) is 10.1 Å². The lowest BCUT2D eigenvalue weighted by Crippen LogP contribution is -2.32. The molecule has 0 aliphatic rings. The fraction of sp³-hybridized carbons (Fsp3) is 0.615. The molecule has 0 aromatic carbocycles. The van der Waals surface area contributed by atoms with E-state index in [-0.39, 0.29) is 17.7 Å². The van der Waals surface area contributed by atoms with Crippen LogP contribution in [0.2, 0.25) is 0 Å². The molecule has 1 atom stereocenters. The topological polar surface area (TPSA) is 78.7 Å². The molecule has 0 spiro atoms. The van der Waals surface area contributed by atoms with Gasteiger partial charge in [0.1, 0.15) is 17.4 Å². The summed E-state index contributed by atoms with van der Waals surface area (Å²) in [6.07, 6.45) is 0.777. The van der Waals surface area contributed by atoms with Crippen LogP contribution < -0.4 is 5.73 Å². The van der Waals surface area contributed by atoms with Crippen LogP contribution in [-0.2, 0) is 24.1 Å². The number of rotatable bonds is 5. The first-order valence-electron chi connectivity index (χ1n) is 6.70. The van der Waals surface area contributed by atoms with Crippen molar-refractivity contribution in [3.05, 3.63) is 11.5 Å². The Morgan fingerprint density at radius 3 is 2.55 bits per heavy atom. The van der Waals surface area contributed by atoms with Gasteiger partial charge in [-0.05, 0) is 12.3 Å². The number of amides is 1. The van der Waals surface area contributed by atoms with Crippen LogP contribution in [0.5, 0.6) is 0 Å². The molecule has 2 aromatic heterocycles. The molecule has 0 aliphatic carbocycles. The third kappa shape index (κ3) is 2.18. The van der Waals surface area contributed by atoms with Gasteiger partial charge >= 0.3 is 0 Å². The lowest BCUT2D eigenvalue weighted by molar-refractivity contribution is -0.122. The van der Waals surface area contributed by atoms with E-state index >= 15 is 0 Å². The molecule has 2 N–H and O–H groups in total. The molecule has 0 fully saturated rings. The van der Waals surface area contributed by atoms with Crippen molar-refractivity contribution in [2.24, 2.45) is 18.7 Å². The standard InChI is InChI=1S/C13H20ClN5O/c1-5-8-10-13(18(4)17-8)19(9(6-14)16-10)11(7(2)3)12(15)20/h7,11H,5-6H2,1-4H3,(H2,15,20). The van der Waals surface area contributed by atoms with Gasteiger partial charge in [0.05, 0.1) is 11.6 Å². The summed E-state index contributed by atoms with van der Waals surface area (Å²) in [5.41, 5.74) is 8.08. The molecule has 0 saturated heterocycles. The van der Waals surface area contributed by atoms with Gasteiger partial charge in [-0.25, -0.2) is 4.98 Å². The first-order valence-corrected chi connectivity index (χ1v) is 7.23. The summed E-state index contributed by atoms with van der Waals surface area (Å²) in [6.45, 7) is 5.93. The van der Waals surface area contributed by atoms with E-state index in [0.717, 1.165) is 23.3 Å². The van der Waals surface area contributed by atoms with E-state index in [9.17, 15) is 4.79 Å². The number of hydrogen-bond donors (Lipinski definition) is 1. The van der Waals surface area contributed by atoms with E-state index in [4.69, 9.17) is 17.3 Å². The molecular weight excluding hydrogens is 278 g/mol. The molecule has 0 radical (unpaired) electrons. The van der Waals surface area contributed by atoms with Crippen molar-refractivity contribution in [2.45, 2.75) is 39.1 Å². The number of imidazole rings is 1. The molecule has 0 saturated carbocycles. The Kier molecular flexibility index (Phi) is 4.04. The number of alkyl halides is 1. The number of hydrogen-bond acceptors (Lipinski definition) is 3. The summed E-state index contributed by atoms with van der Waals surface area (Å²) in [5, 5.41) is 4.44. The second kappa shape index (κ2) is 5.44. The van der Waals surface area contributed by atoms with Gasteiger partial charge in [-0.2, -0.15) is 5.10 Å². The monoisotopic (exact) mass is 297 g/mol. The normalized spacial score (nSPS) is 13.3. The number of nitrogens with two attached hydrogens (primary N) is 1. The van der Waals surface area contributed by atoms with Crippen molar-refractivity contribution in [3.63, 3.8) is 0 Å². The van der Waals surface area contributed by atoms with Gasteiger partial charge in [0, 0.05) is 7.05 Å². The predicted octanol–water partition coefficient (Wildman–Crippen LogP) is 1.75. The first-order chi connectivity index (χ1) is 9.42. The molecule has 2 rings (SSSR count). The van der Waals surface area contributed by atoms with Crippen molar-refractivity contribution in [3.8, 4) is 0 Å². The Hall–Kier alpha value is -1.56. The molecule has 2 heterocycles. The Bertz CT molecular complexity index is 643. The van der Waals surface area contributed by atoms with E-state index < -0.39 is 6.04 Å². The average molecular weight is 298 g/mol. The number of nitrogens with zero attached hydrogens (tertiary/aromatic N) is 4. The molecular formula is C13H20ClN5O. The number of halogens is 1. The summed E-state index contributed by atoms with van der Waals surface area (Å²) in [4.78, 5) is 16.4. The zero-order valence-electron chi connectivity index (χ0n) is 12.2. The van der Waals surface area contributed by atoms with Crippen LogP contribution in [0, 0.1) is 5.92 Å². The number of carbonyl (C=O) groups is 1. The summed E-state index contributed by atoms with van der Waals surface area (Å²) < 4.78 is 3.58. The van der Waals surface area contributed by atoms with Crippen LogP contribution in [0.4, 0.5) is 0 Å². The number of aryl methyl sites for hydroxylation is 2. The van der Waals surface area contributed by atoms with Crippen LogP contribution in [0.1, 0.15) is 38.3 Å². The zero-order valence-corrected chi connectivity index (χ0v) is 13.0. The third-order valence-electron chi connectivity index (χ3n) is 3.47. The van der Waals surface area contributed by atoms with Crippen LogP contribution in [0.3, 0.4) is 0 Å². The van der Waals surface area contributed by atoms with Crippen LogP contribution in [-0.4, -0.2) is 25.2 Å². The average Bonchev–Trinajstić information content (AvgIpc) is 2.87. The van der Waals surface area contributed by atoms with Crippen molar-refractivity contribution in [2.75, 3.05) is 0 Å². The first kappa shape index (κ1) is 14.8. The summed E-state index contributed by atoms with van der Waals surface area (Å²) >= 11 is 6.00. The highest BCUT2D eigenvalue weighted by Gasteiger charge is 2.29. The Morgan fingerprint density at radius 2 is 2.10 bits per heavy atom. The Balaban J connectivity index is 2.78. The van der Waals surface area contributed by atoms with Gasteiger partial charge < -0.3 is 5.73 Å². The maximum absolute atomic E-state index is 11.8. The summed E-state index contributed by atoms with van der Waals surface area (Å²) in [6, 6.07) is -0.478. The second-order valence-electron chi connectivity index (χ2n) is 5.22. The zero-order chi connectivity index (χ0) is 15.0. The molecule has 2 aromatic rings. The minimum atomic E-state index is -0.478. The highest BCUT2D eigenvalue weighted by atomic mass is 35.5. The highest BCUT2D eigenvalue weighted by molar-refractivity contribution is 6.16. The molecule has 0 bridgehead atoms. The number of aromatic nitrogens is 4. The van der Waals surface area contributed by atoms with Crippen LogP contribution in [0.15, 0.2) is 0 Å². The fourth-order valence-electron chi connectivity index (χ4n) is 2.63. The molecule has 1 unspecified atom stereocenters. The SMILES string of the molecule is CCc1nn(C)c2c1nc(CCl)n2C(C(N)=O)C(C)C. The van der Waals surface area contributed by atoms with Crippen molar-refractivity contribution in [1.82, 2.24) is 19.3 Å². The second-order valence-corrected chi connectivity index (χ2v) is 5.49. The molecule has 110 valence electrons. The molecule has 6 nitrogen and oxygen atoms in total. The van der Waals surface area contributed by atoms with E-state index in [0.29, 0.717) is 5.82 Å². The molecule has 1 amide bonds. The number of fused-ring (bicyclic) bond motifs is 1. The van der Waals surface area contributed by atoms with E-state index in [1.165, 1.54) is 0 Å². The van der Waals surface area contributed by atoms with E-state index in [1.807, 2.05) is 32.4 Å². The van der Waals surface area contributed by atoms with Crippen molar-refractivity contribution in [1.29, 1.82) is 0 Å². The third-order valence-corrected chi connectivity index (χ3v) is 3.70. The van der Waals surface area contributed by atoms with Gasteiger partial charge in [-0.1, -0.05) is 20.8 Å². The summed E-state index contributed by atoms with van der Waals surface area (Å²) in [5.74, 6) is 0.549. The number of carbonyl (C=O) groups excluding carboxylic acids is 1. The quantitative estimate of drug-likeness (QED) is 0.854. The maximum atomic E-state index is 11.8. The minimum Gasteiger partial charge on any atom is -0.368 e. The fourth-order valence-corrected chi connectivity index (χ4v) is 2.81. The van der Waals surface area contributed by atoms with Crippen molar-refractivity contribution < 1.29 is 4.79 Å². The van der Waals surface area contributed by atoms with Gasteiger partial charge in [-0.3, -0.25) is 14.0 Å². The highest BCUT2D eigenvalue weighted by Crippen LogP contribution is 2.28. The molecule has 7 heteroatoms. The van der Waals surface area contributed by atoms with Crippen molar-refractivity contribution >= 4 is 28.7 Å². The maximum Gasteiger partial charge on any atom is 0.240 e. The number of primary amides is 1. The van der Waals surface area contributed by atoms with Crippen LogP contribution in [0.25, 0.3) is 11.2 Å². The van der Waals surface area contributed by atoms with Gasteiger partial charge in [0.15, 0.2) is 5.65 Å². The van der Waals surface area contributed by atoms with Gasteiger partial charge in [-0.15, -0.1) is 11.6 Å². The van der Waals surface area contributed by atoms with Crippen LogP contribution >= 0.6 is 11.6 Å². The minimum absolute atomic E-state index is 0.0480. The smallest absolute Gasteiger partial charge is 0.240 e. The van der Waals surface area contributed by atoms with Gasteiger partial charge in [0.2, 0.25) is 5.91 Å².